The molecule has 0 aromatic rings. The number of aliphatic carboxylic acids is 2. The van der Waals surface area contributed by atoms with Crippen molar-refractivity contribution in [3.05, 3.63) is 0 Å². The number of aliphatic hydroxyl groups excluding tert-OH is 1. The quantitative estimate of drug-likeness (QED) is 0.701. The Morgan fingerprint density at radius 2 is 1.46 bits per heavy atom. The van der Waals surface area contributed by atoms with Crippen LogP contribution in [0, 0.1) is 5.41 Å². The van der Waals surface area contributed by atoms with E-state index < -0.39 is 11.9 Å². The van der Waals surface area contributed by atoms with Gasteiger partial charge in [-0.1, -0.05) is 13.8 Å². The third-order valence-electron chi connectivity index (χ3n) is 4.97. The van der Waals surface area contributed by atoms with Crippen molar-refractivity contribution in [1.82, 2.24) is 5.06 Å². The van der Waals surface area contributed by atoms with Gasteiger partial charge in [-0.25, -0.2) is 0 Å². The molecular weight excluding hydrogens is 314 g/mol. The molecule has 0 aromatic heterocycles. The number of rotatable bonds is 5. The molecule has 0 bridgehead atoms. The van der Waals surface area contributed by atoms with Crippen LogP contribution >= 0.6 is 0 Å². The molecule has 24 heavy (non-hydrogen) atoms. The predicted octanol–water partition coefficient (Wildman–Crippen LogP) is 2.52. The molecule has 7 nitrogen and oxygen atoms in total. The summed E-state index contributed by atoms with van der Waals surface area (Å²) in [6.45, 7) is 15.4. The van der Waals surface area contributed by atoms with Gasteiger partial charge in [0, 0.05) is 16.5 Å². The van der Waals surface area contributed by atoms with E-state index in [1.54, 1.807) is 0 Å². The van der Waals surface area contributed by atoms with Gasteiger partial charge in [-0.15, -0.1) is 0 Å². The second-order valence-electron chi connectivity index (χ2n) is 7.81. The maximum atomic E-state index is 10.3. The third kappa shape index (κ3) is 5.43. The van der Waals surface area contributed by atoms with Crippen molar-refractivity contribution in [2.45, 2.75) is 84.9 Å². The zero-order valence-electron chi connectivity index (χ0n) is 15.9. The van der Waals surface area contributed by atoms with E-state index >= 15 is 0 Å². The molecule has 0 aromatic carbocycles. The molecule has 1 unspecified atom stereocenters. The highest BCUT2D eigenvalue weighted by Crippen LogP contribution is 2.49. The maximum Gasteiger partial charge on any atom is 0.303 e. The van der Waals surface area contributed by atoms with E-state index in [1.165, 1.54) is 0 Å². The third-order valence-corrected chi connectivity index (χ3v) is 4.97. The molecule has 1 aliphatic heterocycles. The number of piperidine rings is 1. The molecule has 1 rings (SSSR count). The molecular formula is C17H33NO6. The fourth-order valence-electron chi connectivity index (χ4n) is 2.92. The average molecular weight is 347 g/mol. The van der Waals surface area contributed by atoms with Gasteiger partial charge in [0.2, 0.25) is 0 Å². The van der Waals surface area contributed by atoms with Crippen molar-refractivity contribution >= 4 is 11.9 Å². The smallest absolute Gasteiger partial charge is 0.303 e. The van der Waals surface area contributed by atoms with Crippen LogP contribution in [0.2, 0.25) is 0 Å². The number of aliphatic hydroxyl groups is 1. The van der Waals surface area contributed by atoms with Gasteiger partial charge in [-0.2, -0.15) is 5.06 Å². The fraction of sp³-hybridized carbons (Fsp3) is 0.882. The Labute approximate surface area is 144 Å². The molecule has 0 saturated carbocycles. The van der Waals surface area contributed by atoms with E-state index in [0.717, 1.165) is 6.42 Å². The predicted molar refractivity (Wildman–Crippen MR) is 90.5 cm³/mol. The van der Waals surface area contributed by atoms with E-state index in [2.05, 4.69) is 46.6 Å². The molecule has 0 amide bonds. The van der Waals surface area contributed by atoms with Crippen LogP contribution in [0.4, 0.5) is 0 Å². The summed E-state index contributed by atoms with van der Waals surface area (Å²) in [5.41, 5.74) is -0.504. The van der Waals surface area contributed by atoms with Gasteiger partial charge >= 0.3 is 11.9 Å². The average Bonchev–Trinajstić information content (AvgIpc) is 2.40. The van der Waals surface area contributed by atoms with Crippen LogP contribution in [0.5, 0.6) is 0 Å². The van der Waals surface area contributed by atoms with Crippen molar-refractivity contribution in [2.24, 2.45) is 5.41 Å². The summed E-state index contributed by atoms with van der Waals surface area (Å²) >= 11 is 0. The minimum Gasteiger partial charge on any atom is -0.481 e. The van der Waals surface area contributed by atoms with Crippen molar-refractivity contribution in [2.75, 3.05) is 6.61 Å². The first-order valence-corrected chi connectivity index (χ1v) is 8.25. The van der Waals surface area contributed by atoms with E-state index in [4.69, 9.17) is 15.1 Å². The molecule has 142 valence electrons. The molecule has 7 heteroatoms. The lowest BCUT2D eigenvalue weighted by atomic mass is 9.63. The van der Waals surface area contributed by atoms with Gasteiger partial charge in [-0.05, 0) is 41.0 Å². The number of carbonyl (C=O) groups is 2. The van der Waals surface area contributed by atoms with Crippen LogP contribution < -0.4 is 0 Å². The first-order valence-electron chi connectivity index (χ1n) is 8.25. The molecule has 1 saturated heterocycles. The summed E-state index contributed by atoms with van der Waals surface area (Å²) in [5, 5.41) is 28.2. The van der Waals surface area contributed by atoms with Crippen molar-refractivity contribution in [1.29, 1.82) is 0 Å². The van der Waals surface area contributed by atoms with E-state index in [-0.39, 0.29) is 35.4 Å². The highest BCUT2D eigenvalue weighted by atomic mass is 16.7. The van der Waals surface area contributed by atoms with Crippen molar-refractivity contribution in [3.8, 4) is 0 Å². The van der Waals surface area contributed by atoms with Gasteiger partial charge in [-0.3, -0.25) is 14.4 Å². The SMILES string of the molecule is CCON1C(C)(C)CC(O)C(C)(C)C1(C)C.O=C(O)CCC(=O)O. The zero-order valence-corrected chi connectivity index (χ0v) is 15.9. The summed E-state index contributed by atoms with van der Waals surface area (Å²) in [6, 6.07) is 0. The van der Waals surface area contributed by atoms with Gasteiger partial charge in [0.1, 0.15) is 0 Å². The number of carboxylic acids is 2. The highest BCUT2D eigenvalue weighted by Gasteiger charge is 2.56. The second-order valence-corrected chi connectivity index (χ2v) is 7.81. The fourth-order valence-corrected chi connectivity index (χ4v) is 2.92. The number of hydrogen-bond donors (Lipinski definition) is 3. The summed E-state index contributed by atoms with van der Waals surface area (Å²) < 4.78 is 0. The van der Waals surface area contributed by atoms with Crippen LogP contribution in [0.3, 0.4) is 0 Å². The molecule has 1 heterocycles. The number of hydroxylamine groups is 2. The van der Waals surface area contributed by atoms with Crippen LogP contribution in [0.15, 0.2) is 0 Å². The van der Waals surface area contributed by atoms with Crippen LogP contribution in [-0.4, -0.2) is 56.1 Å². The van der Waals surface area contributed by atoms with E-state index in [1.807, 2.05) is 6.92 Å². The monoisotopic (exact) mass is 347 g/mol. The lowest BCUT2D eigenvalue weighted by Gasteiger charge is -2.60. The lowest BCUT2D eigenvalue weighted by Crippen LogP contribution is -2.69. The molecule has 1 fully saturated rings. The Kier molecular flexibility index (Phi) is 7.86. The second kappa shape index (κ2) is 8.27. The first kappa shape index (κ1) is 22.8. The lowest BCUT2D eigenvalue weighted by molar-refractivity contribution is -0.324. The normalized spacial score (nSPS) is 24.6. The molecule has 1 atom stereocenters. The van der Waals surface area contributed by atoms with E-state index in [9.17, 15) is 14.7 Å². The van der Waals surface area contributed by atoms with Crippen LogP contribution in [0.1, 0.15) is 67.7 Å². The Bertz CT molecular complexity index is 430. The summed E-state index contributed by atoms with van der Waals surface area (Å²) in [7, 11) is 0. The van der Waals surface area contributed by atoms with Gasteiger partial charge < -0.3 is 15.3 Å². The van der Waals surface area contributed by atoms with Crippen molar-refractivity contribution in [3.63, 3.8) is 0 Å². The Morgan fingerprint density at radius 3 is 1.79 bits per heavy atom. The Hall–Kier alpha value is -1.18. The molecule has 0 spiro atoms. The zero-order chi connectivity index (χ0) is 19.3. The molecule has 0 radical (unpaired) electrons. The molecule has 0 aliphatic carbocycles. The summed E-state index contributed by atoms with van der Waals surface area (Å²) in [6.07, 6.45) is -0.150. The number of nitrogens with zero attached hydrogens (tertiary/aromatic N) is 1. The standard InChI is InChI=1S/C13H27NO2.C4H6O4/c1-8-16-14-11(2,3)9-10(15)12(4,5)13(14,6)7;5-3(6)1-2-4(7)8/h10,15H,8-9H2,1-7H3;1-2H2,(H,5,6)(H,7,8). The minimum absolute atomic E-state index is 0.131. The summed E-state index contributed by atoms with van der Waals surface area (Å²) in [5.74, 6) is -2.15. The van der Waals surface area contributed by atoms with Gasteiger partial charge in [0.05, 0.1) is 25.6 Å². The maximum absolute atomic E-state index is 10.3. The molecule has 1 aliphatic rings. The number of hydrogen-bond acceptors (Lipinski definition) is 5. The molecule has 3 N–H and O–H groups in total. The van der Waals surface area contributed by atoms with Crippen LogP contribution in [0.25, 0.3) is 0 Å². The number of carboxylic acid groups (broad SMARTS) is 2. The van der Waals surface area contributed by atoms with Gasteiger partial charge in [0.25, 0.3) is 0 Å². The Morgan fingerprint density at radius 1 is 1.04 bits per heavy atom. The van der Waals surface area contributed by atoms with E-state index in [0.29, 0.717) is 6.61 Å². The Balaban J connectivity index is 0.000000561. The van der Waals surface area contributed by atoms with Gasteiger partial charge in [0.15, 0.2) is 0 Å². The largest absolute Gasteiger partial charge is 0.481 e. The van der Waals surface area contributed by atoms with Crippen molar-refractivity contribution < 1.29 is 29.7 Å². The first-order chi connectivity index (χ1) is 10.7. The van der Waals surface area contributed by atoms with Crippen LogP contribution in [-0.2, 0) is 14.4 Å². The topological polar surface area (TPSA) is 107 Å². The highest BCUT2D eigenvalue weighted by molar-refractivity contribution is 5.75. The summed E-state index contributed by atoms with van der Waals surface area (Å²) in [4.78, 5) is 25.1. The minimum atomic E-state index is -1.08.